The molecule has 18 heavy (non-hydrogen) atoms. The van der Waals surface area contributed by atoms with E-state index in [-0.39, 0.29) is 11.3 Å². The fourth-order valence-corrected chi connectivity index (χ4v) is 2.91. The van der Waals surface area contributed by atoms with Gasteiger partial charge in [0.2, 0.25) is 5.78 Å². The lowest BCUT2D eigenvalue weighted by Crippen LogP contribution is -2.48. The Morgan fingerprint density at radius 3 is 2.94 bits per heavy atom. The molecule has 4 nitrogen and oxygen atoms in total. The zero-order valence-corrected chi connectivity index (χ0v) is 11.4. The monoisotopic (exact) mass is 249 g/mol. The summed E-state index contributed by atoms with van der Waals surface area (Å²) in [6.45, 7) is 6.06. The summed E-state index contributed by atoms with van der Waals surface area (Å²) in [6, 6.07) is 0. The van der Waals surface area contributed by atoms with Crippen LogP contribution >= 0.6 is 0 Å². The normalized spacial score (nSPS) is 23.4. The van der Waals surface area contributed by atoms with E-state index >= 15 is 0 Å². The van der Waals surface area contributed by atoms with Crippen molar-refractivity contribution in [2.45, 2.75) is 58.0 Å². The van der Waals surface area contributed by atoms with Crippen LogP contribution in [0.2, 0.25) is 0 Å². The van der Waals surface area contributed by atoms with Crippen molar-refractivity contribution in [3.63, 3.8) is 0 Å². The first-order valence-corrected chi connectivity index (χ1v) is 7.04. The molecule has 100 valence electrons. The summed E-state index contributed by atoms with van der Waals surface area (Å²) in [5, 5.41) is 3.43. The van der Waals surface area contributed by atoms with Crippen LogP contribution in [-0.2, 0) is 6.54 Å². The van der Waals surface area contributed by atoms with Gasteiger partial charge in [-0.15, -0.1) is 0 Å². The van der Waals surface area contributed by atoms with Crippen LogP contribution in [0.3, 0.4) is 0 Å². The Labute approximate surface area is 109 Å². The minimum atomic E-state index is -0.356. The topological polar surface area (TPSA) is 46.9 Å². The van der Waals surface area contributed by atoms with Gasteiger partial charge in [0.05, 0.1) is 5.54 Å². The van der Waals surface area contributed by atoms with Crippen molar-refractivity contribution in [2.75, 3.05) is 6.54 Å². The smallest absolute Gasteiger partial charge is 0.218 e. The number of carbonyl (C=O) groups is 1. The first-order chi connectivity index (χ1) is 8.73. The molecule has 1 unspecified atom stereocenters. The van der Waals surface area contributed by atoms with Gasteiger partial charge in [-0.2, -0.15) is 0 Å². The molecule has 1 saturated heterocycles. The SMILES string of the molecule is CCCn1ccnc1C(=O)C1(CCC)CCCN1. The van der Waals surface area contributed by atoms with Gasteiger partial charge in [0.15, 0.2) is 5.82 Å². The molecular weight excluding hydrogens is 226 g/mol. The van der Waals surface area contributed by atoms with Gasteiger partial charge < -0.3 is 9.88 Å². The van der Waals surface area contributed by atoms with Crippen LogP contribution in [0.15, 0.2) is 12.4 Å². The number of hydrogen-bond donors (Lipinski definition) is 1. The Kier molecular flexibility index (Phi) is 4.17. The zero-order valence-electron chi connectivity index (χ0n) is 11.4. The van der Waals surface area contributed by atoms with Crippen LogP contribution in [0, 0.1) is 0 Å². The first kappa shape index (κ1) is 13.3. The van der Waals surface area contributed by atoms with E-state index in [0.29, 0.717) is 5.82 Å². The van der Waals surface area contributed by atoms with E-state index in [1.54, 1.807) is 6.20 Å². The van der Waals surface area contributed by atoms with Gasteiger partial charge in [-0.05, 0) is 32.2 Å². The lowest BCUT2D eigenvalue weighted by atomic mass is 9.87. The maximum absolute atomic E-state index is 12.8. The number of Topliss-reactive ketones (excluding diaryl/α,β-unsaturated/α-hetero) is 1. The minimum Gasteiger partial charge on any atom is -0.328 e. The molecule has 0 aliphatic carbocycles. The Morgan fingerprint density at radius 2 is 2.33 bits per heavy atom. The average Bonchev–Trinajstić information content (AvgIpc) is 2.99. The summed E-state index contributed by atoms with van der Waals surface area (Å²) in [6.07, 6.45) is 8.62. The molecule has 0 saturated carbocycles. The van der Waals surface area contributed by atoms with E-state index < -0.39 is 0 Å². The average molecular weight is 249 g/mol. The second kappa shape index (κ2) is 5.65. The minimum absolute atomic E-state index is 0.181. The number of imidazole rings is 1. The van der Waals surface area contributed by atoms with Gasteiger partial charge in [0, 0.05) is 18.9 Å². The molecule has 4 heteroatoms. The lowest BCUT2D eigenvalue weighted by Gasteiger charge is -2.27. The molecule has 1 aliphatic rings. The van der Waals surface area contributed by atoms with Crippen molar-refractivity contribution in [3.05, 3.63) is 18.2 Å². The summed E-state index contributed by atoms with van der Waals surface area (Å²) in [7, 11) is 0. The van der Waals surface area contributed by atoms with E-state index in [0.717, 1.165) is 45.2 Å². The van der Waals surface area contributed by atoms with Gasteiger partial charge in [-0.1, -0.05) is 20.3 Å². The molecule has 1 aromatic heterocycles. The second-order valence-electron chi connectivity index (χ2n) is 5.14. The molecule has 2 rings (SSSR count). The van der Waals surface area contributed by atoms with E-state index in [2.05, 4.69) is 24.1 Å². The summed E-state index contributed by atoms with van der Waals surface area (Å²) < 4.78 is 1.99. The number of nitrogens with one attached hydrogen (secondary N) is 1. The maximum atomic E-state index is 12.8. The molecule has 1 aliphatic heterocycles. The Bertz CT molecular complexity index is 405. The highest BCUT2D eigenvalue weighted by Crippen LogP contribution is 2.28. The Hall–Kier alpha value is -1.16. The van der Waals surface area contributed by atoms with Crippen LogP contribution in [0.5, 0.6) is 0 Å². The highest BCUT2D eigenvalue weighted by molar-refractivity contribution is 6.00. The van der Waals surface area contributed by atoms with E-state index in [9.17, 15) is 4.79 Å². The molecular formula is C14H23N3O. The molecule has 1 fully saturated rings. The van der Waals surface area contributed by atoms with Crippen LogP contribution in [0.4, 0.5) is 0 Å². The van der Waals surface area contributed by atoms with Gasteiger partial charge in [0.1, 0.15) is 0 Å². The van der Waals surface area contributed by atoms with E-state index in [1.807, 2.05) is 10.8 Å². The van der Waals surface area contributed by atoms with Crippen molar-refractivity contribution >= 4 is 5.78 Å². The van der Waals surface area contributed by atoms with Gasteiger partial charge >= 0.3 is 0 Å². The molecule has 1 atom stereocenters. The number of aromatic nitrogens is 2. The van der Waals surface area contributed by atoms with Crippen LogP contribution in [-0.4, -0.2) is 27.4 Å². The fourth-order valence-electron chi connectivity index (χ4n) is 2.91. The predicted octanol–water partition coefficient (Wildman–Crippen LogP) is 2.40. The lowest BCUT2D eigenvalue weighted by molar-refractivity contribution is 0.0841. The molecule has 0 spiro atoms. The highest BCUT2D eigenvalue weighted by atomic mass is 16.1. The predicted molar refractivity (Wildman–Crippen MR) is 71.7 cm³/mol. The third-order valence-corrected chi connectivity index (χ3v) is 3.74. The van der Waals surface area contributed by atoms with Crippen molar-refractivity contribution < 1.29 is 4.79 Å². The van der Waals surface area contributed by atoms with Gasteiger partial charge in [-0.3, -0.25) is 4.79 Å². The quantitative estimate of drug-likeness (QED) is 0.787. The molecule has 0 bridgehead atoms. The molecule has 1 aromatic rings. The number of aryl methyl sites for hydroxylation is 1. The molecule has 2 heterocycles. The van der Waals surface area contributed by atoms with Crippen LogP contribution in [0.1, 0.15) is 56.6 Å². The number of carbonyl (C=O) groups excluding carboxylic acids is 1. The Morgan fingerprint density at radius 1 is 1.50 bits per heavy atom. The molecule has 1 N–H and O–H groups in total. The third kappa shape index (κ3) is 2.34. The van der Waals surface area contributed by atoms with Crippen molar-refractivity contribution in [1.82, 2.24) is 14.9 Å². The van der Waals surface area contributed by atoms with Crippen LogP contribution in [0.25, 0.3) is 0 Å². The van der Waals surface area contributed by atoms with Gasteiger partial charge in [0.25, 0.3) is 0 Å². The van der Waals surface area contributed by atoms with Crippen molar-refractivity contribution in [1.29, 1.82) is 0 Å². The Balaban J connectivity index is 2.25. The van der Waals surface area contributed by atoms with E-state index in [4.69, 9.17) is 0 Å². The summed E-state index contributed by atoms with van der Waals surface area (Å²) in [4.78, 5) is 17.0. The number of ketones is 1. The number of nitrogens with zero attached hydrogens (tertiary/aromatic N) is 2. The van der Waals surface area contributed by atoms with Crippen LogP contribution < -0.4 is 5.32 Å². The summed E-state index contributed by atoms with van der Waals surface area (Å²) in [5.41, 5.74) is -0.356. The third-order valence-electron chi connectivity index (χ3n) is 3.74. The standard InChI is InChI=1S/C14H23N3O/c1-3-6-14(7-5-8-16-14)12(18)13-15-9-11-17(13)10-4-2/h9,11,16H,3-8,10H2,1-2H3. The van der Waals surface area contributed by atoms with Gasteiger partial charge in [-0.25, -0.2) is 4.98 Å². The van der Waals surface area contributed by atoms with Crippen molar-refractivity contribution in [2.24, 2.45) is 0 Å². The summed E-state index contributed by atoms with van der Waals surface area (Å²) >= 11 is 0. The fraction of sp³-hybridized carbons (Fsp3) is 0.714. The molecule has 0 amide bonds. The summed E-state index contributed by atoms with van der Waals surface area (Å²) in [5.74, 6) is 0.806. The van der Waals surface area contributed by atoms with Crippen molar-refractivity contribution in [3.8, 4) is 0 Å². The molecule has 0 radical (unpaired) electrons. The largest absolute Gasteiger partial charge is 0.328 e. The number of rotatable bonds is 6. The van der Waals surface area contributed by atoms with E-state index in [1.165, 1.54) is 0 Å². The highest BCUT2D eigenvalue weighted by Gasteiger charge is 2.41. The zero-order chi connectivity index (χ0) is 13.0. The second-order valence-corrected chi connectivity index (χ2v) is 5.14. The maximum Gasteiger partial charge on any atom is 0.218 e. The molecule has 0 aromatic carbocycles. The first-order valence-electron chi connectivity index (χ1n) is 7.04. The number of hydrogen-bond acceptors (Lipinski definition) is 3.